The Morgan fingerprint density at radius 2 is 2.17 bits per heavy atom. The van der Waals surface area contributed by atoms with E-state index in [1.807, 2.05) is 6.07 Å². The average Bonchev–Trinajstić information content (AvgIpc) is 2.90. The van der Waals surface area contributed by atoms with Crippen LogP contribution < -0.4 is 14.8 Å². The molecule has 1 aliphatic rings. The molecular formula is C14H20ClNO2. The van der Waals surface area contributed by atoms with Gasteiger partial charge in [0.2, 0.25) is 0 Å². The fourth-order valence-corrected chi connectivity index (χ4v) is 3.11. The first-order valence-electron chi connectivity index (χ1n) is 6.36. The van der Waals surface area contributed by atoms with Gasteiger partial charge in [-0.05, 0) is 30.9 Å². The highest BCUT2D eigenvalue weighted by molar-refractivity contribution is 6.31. The van der Waals surface area contributed by atoms with Crippen molar-refractivity contribution < 1.29 is 9.47 Å². The summed E-state index contributed by atoms with van der Waals surface area (Å²) in [6.45, 7) is 4.17. The Morgan fingerprint density at radius 3 is 2.67 bits per heavy atom. The first kappa shape index (κ1) is 13.5. The Hall–Kier alpha value is -0.930. The zero-order chi connectivity index (χ0) is 13.1. The summed E-state index contributed by atoms with van der Waals surface area (Å²) in [5, 5.41) is 4.17. The van der Waals surface area contributed by atoms with E-state index in [0.717, 1.165) is 36.7 Å². The smallest absolute Gasteiger partial charge is 0.164 e. The number of nitrogens with one attached hydrogen (secondary N) is 1. The Kier molecular flexibility index (Phi) is 4.36. The summed E-state index contributed by atoms with van der Waals surface area (Å²) in [5.41, 5.74) is 2.40. The van der Waals surface area contributed by atoms with Crippen molar-refractivity contribution in [2.24, 2.45) is 0 Å². The lowest BCUT2D eigenvalue weighted by Crippen LogP contribution is -2.11. The maximum atomic E-state index is 6.44. The van der Waals surface area contributed by atoms with E-state index in [-0.39, 0.29) is 0 Å². The topological polar surface area (TPSA) is 30.5 Å². The molecule has 1 atom stereocenters. The lowest BCUT2D eigenvalue weighted by Gasteiger charge is -2.21. The van der Waals surface area contributed by atoms with Gasteiger partial charge in [-0.1, -0.05) is 18.5 Å². The highest BCUT2D eigenvalue weighted by Gasteiger charge is 2.25. The van der Waals surface area contributed by atoms with Crippen LogP contribution >= 0.6 is 11.6 Å². The van der Waals surface area contributed by atoms with Crippen LogP contribution in [-0.2, 0) is 6.42 Å². The van der Waals surface area contributed by atoms with E-state index in [2.05, 4.69) is 12.2 Å². The molecule has 3 nitrogen and oxygen atoms in total. The van der Waals surface area contributed by atoms with E-state index in [4.69, 9.17) is 21.1 Å². The van der Waals surface area contributed by atoms with Crippen LogP contribution in [0.25, 0.3) is 0 Å². The predicted octanol–water partition coefficient (Wildman–Crippen LogP) is 3.00. The summed E-state index contributed by atoms with van der Waals surface area (Å²) >= 11 is 6.44. The maximum absolute atomic E-state index is 6.44. The van der Waals surface area contributed by atoms with E-state index < -0.39 is 0 Å². The molecule has 1 fully saturated rings. The van der Waals surface area contributed by atoms with Crippen molar-refractivity contribution in [2.75, 3.05) is 27.3 Å². The van der Waals surface area contributed by atoms with Gasteiger partial charge >= 0.3 is 0 Å². The number of halogens is 1. The molecule has 1 aromatic rings. The van der Waals surface area contributed by atoms with Gasteiger partial charge in [-0.3, -0.25) is 0 Å². The predicted molar refractivity (Wildman–Crippen MR) is 74.2 cm³/mol. The average molecular weight is 270 g/mol. The summed E-state index contributed by atoms with van der Waals surface area (Å²) in [6.07, 6.45) is 2.02. The zero-order valence-electron chi connectivity index (χ0n) is 11.2. The third-order valence-electron chi connectivity index (χ3n) is 3.58. The van der Waals surface area contributed by atoms with Crippen LogP contribution in [0.4, 0.5) is 0 Å². The van der Waals surface area contributed by atoms with Gasteiger partial charge in [-0.25, -0.2) is 0 Å². The van der Waals surface area contributed by atoms with Gasteiger partial charge in [0.1, 0.15) is 0 Å². The molecule has 0 radical (unpaired) electrons. The number of hydrogen-bond donors (Lipinski definition) is 1. The van der Waals surface area contributed by atoms with Gasteiger partial charge in [0.05, 0.1) is 14.2 Å². The number of hydrogen-bond acceptors (Lipinski definition) is 3. The Balaban J connectivity index is 2.56. The minimum atomic E-state index is 0.479. The van der Waals surface area contributed by atoms with Gasteiger partial charge in [0.25, 0.3) is 0 Å². The molecule has 0 aliphatic carbocycles. The molecule has 0 spiro atoms. The van der Waals surface area contributed by atoms with Gasteiger partial charge in [0, 0.05) is 23.2 Å². The van der Waals surface area contributed by atoms with Crippen LogP contribution in [0, 0.1) is 0 Å². The summed E-state index contributed by atoms with van der Waals surface area (Å²) in [4.78, 5) is 0. The molecular weight excluding hydrogens is 250 g/mol. The lowest BCUT2D eigenvalue weighted by molar-refractivity contribution is 0.351. The quantitative estimate of drug-likeness (QED) is 0.912. The van der Waals surface area contributed by atoms with Crippen molar-refractivity contribution >= 4 is 11.6 Å². The minimum Gasteiger partial charge on any atom is -0.493 e. The number of benzene rings is 1. The monoisotopic (exact) mass is 269 g/mol. The van der Waals surface area contributed by atoms with E-state index in [1.165, 1.54) is 11.1 Å². The molecule has 1 aromatic carbocycles. The molecule has 0 saturated carbocycles. The first-order chi connectivity index (χ1) is 8.72. The second kappa shape index (κ2) is 5.81. The molecule has 0 aromatic heterocycles. The summed E-state index contributed by atoms with van der Waals surface area (Å²) in [6, 6.07) is 1.87. The molecule has 1 aliphatic heterocycles. The van der Waals surface area contributed by atoms with Crippen molar-refractivity contribution in [3.63, 3.8) is 0 Å². The van der Waals surface area contributed by atoms with Crippen LogP contribution in [0.3, 0.4) is 0 Å². The minimum absolute atomic E-state index is 0.479. The van der Waals surface area contributed by atoms with E-state index >= 15 is 0 Å². The second-order valence-electron chi connectivity index (χ2n) is 4.53. The van der Waals surface area contributed by atoms with Crippen LogP contribution in [-0.4, -0.2) is 27.3 Å². The maximum Gasteiger partial charge on any atom is 0.164 e. The SMILES string of the molecule is CCc1c(OC)c(OC)cc(Cl)c1C1CCNC1. The van der Waals surface area contributed by atoms with Crippen LogP contribution in [0.5, 0.6) is 11.5 Å². The van der Waals surface area contributed by atoms with Crippen molar-refractivity contribution in [1.29, 1.82) is 0 Å². The number of rotatable bonds is 4. The van der Waals surface area contributed by atoms with Crippen molar-refractivity contribution in [3.8, 4) is 11.5 Å². The Morgan fingerprint density at radius 1 is 1.39 bits per heavy atom. The molecule has 100 valence electrons. The summed E-state index contributed by atoms with van der Waals surface area (Å²) < 4.78 is 10.9. The van der Waals surface area contributed by atoms with Gasteiger partial charge in [0.15, 0.2) is 11.5 Å². The van der Waals surface area contributed by atoms with Gasteiger partial charge in [-0.2, -0.15) is 0 Å². The van der Waals surface area contributed by atoms with Crippen LogP contribution in [0.15, 0.2) is 6.07 Å². The molecule has 0 bridgehead atoms. The zero-order valence-corrected chi connectivity index (χ0v) is 11.9. The Labute approximate surface area is 113 Å². The highest BCUT2D eigenvalue weighted by Crippen LogP contribution is 2.42. The van der Waals surface area contributed by atoms with Crippen LogP contribution in [0.2, 0.25) is 5.02 Å². The van der Waals surface area contributed by atoms with Gasteiger partial charge in [-0.15, -0.1) is 0 Å². The first-order valence-corrected chi connectivity index (χ1v) is 6.74. The molecule has 1 heterocycles. The third kappa shape index (κ3) is 2.29. The van der Waals surface area contributed by atoms with Crippen LogP contribution in [0.1, 0.15) is 30.4 Å². The Bertz CT molecular complexity index is 428. The molecule has 1 N–H and O–H groups in total. The molecule has 0 amide bonds. The van der Waals surface area contributed by atoms with Crippen molar-refractivity contribution in [1.82, 2.24) is 5.32 Å². The highest BCUT2D eigenvalue weighted by atomic mass is 35.5. The van der Waals surface area contributed by atoms with E-state index in [1.54, 1.807) is 14.2 Å². The standard InChI is InChI=1S/C14H20ClNO2/c1-4-10-13(9-5-6-16-8-9)11(15)7-12(17-2)14(10)18-3/h7,9,16H,4-6,8H2,1-3H3. The van der Waals surface area contributed by atoms with Crippen molar-refractivity contribution in [3.05, 3.63) is 22.2 Å². The number of ether oxygens (including phenoxy) is 2. The number of methoxy groups -OCH3 is 2. The van der Waals surface area contributed by atoms with E-state index in [9.17, 15) is 0 Å². The molecule has 1 unspecified atom stereocenters. The fourth-order valence-electron chi connectivity index (χ4n) is 2.74. The largest absolute Gasteiger partial charge is 0.493 e. The van der Waals surface area contributed by atoms with Crippen molar-refractivity contribution in [2.45, 2.75) is 25.7 Å². The van der Waals surface area contributed by atoms with Gasteiger partial charge < -0.3 is 14.8 Å². The second-order valence-corrected chi connectivity index (χ2v) is 4.94. The third-order valence-corrected chi connectivity index (χ3v) is 3.90. The molecule has 4 heteroatoms. The summed E-state index contributed by atoms with van der Waals surface area (Å²) in [5.74, 6) is 2.02. The summed E-state index contributed by atoms with van der Waals surface area (Å²) in [7, 11) is 3.33. The fraction of sp³-hybridized carbons (Fsp3) is 0.571. The normalized spacial score (nSPS) is 19.0. The molecule has 2 rings (SSSR count). The molecule has 18 heavy (non-hydrogen) atoms. The molecule has 1 saturated heterocycles. The lowest BCUT2D eigenvalue weighted by atomic mass is 9.91. The van der Waals surface area contributed by atoms with E-state index in [0.29, 0.717) is 11.7 Å².